The number of hydrogen-bond donors (Lipinski definition) is 3. The number of phenolic OH excluding ortho intramolecular Hbond substituents is 2. The Hall–Kier alpha value is -1.91. The summed E-state index contributed by atoms with van der Waals surface area (Å²) in [6.45, 7) is 1.19. The van der Waals surface area contributed by atoms with Crippen LogP contribution in [0.1, 0.15) is 0 Å². The molecule has 5 nitrogen and oxygen atoms in total. The van der Waals surface area contributed by atoms with E-state index in [1.807, 2.05) is 0 Å². The molecule has 1 aromatic rings. The van der Waals surface area contributed by atoms with Crippen molar-refractivity contribution in [3.05, 3.63) is 24.3 Å². The maximum Gasteiger partial charge on any atom is 0.407 e. The van der Waals surface area contributed by atoms with Gasteiger partial charge in [0, 0.05) is 0 Å². The summed E-state index contributed by atoms with van der Waals surface area (Å²) in [7, 11) is 0. The summed E-state index contributed by atoms with van der Waals surface area (Å²) in [6, 6.07) is 6.15. The van der Waals surface area contributed by atoms with E-state index in [0.717, 1.165) is 0 Å². The normalized spacial score (nSPS) is 13.6. The number of aromatic hydroxyl groups is 2. The molecule has 0 aliphatic carbocycles. The maximum atomic E-state index is 9.91. The summed E-state index contributed by atoms with van der Waals surface area (Å²) in [5.74, 6) is -0.153. The van der Waals surface area contributed by atoms with Crippen LogP contribution in [-0.2, 0) is 4.74 Å². The highest BCUT2D eigenvalue weighted by Crippen LogP contribution is 2.21. The third kappa shape index (κ3) is 3.22. The minimum absolute atomic E-state index is 0.0764. The summed E-state index contributed by atoms with van der Waals surface area (Å²) in [5, 5.41) is 19.8. The molecule has 1 saturated heterocycles. The fourth-order valence-electron chi connectivity index (χ4n) is 0.812. The number of ether oxygens (including phenoxy) is 1. The van der Waals surface area contributed by atoms with Crippen molar-refractivity contribution in [2.75, 3.05) is 13.2 Å². The van der Waals surface area contributed by atoms with Crippen LogP contribution in [0.5, 0.6) is 11.5 Å². The third-order valence-corrected chi connectivity index (χ3v) is 1.49. The van der Waals surface area contributed by atoms with Crippen molar-refractivity contribution in [3.63, 3.8) is 0 Å². The Morgan fingerprint density at radius 1 is 1.21 bits per heavy atom. The molecule has 1 aliphatic rings. The zero-order chi connectivity index (χ0) is 10.4. The molecule has 0 spiro atoms. The molecule has 1 heterocycles. The lowest BCUT2D eigenvalue weighted by Crippen LogP contribution is -2.11. The van der Waals surface area contributed by atoms with E-state index in [4.69, 9.17) is 10.2 Å². The van der Waals surface area contributed by atoms with Crippen LogP contribution in [0.2, 0.25) is 0 Å². The summed E-state index contributed by atoms with van der Waals surface area (Å²) in [5.41, 5.74) is 0. The Bertz CT molecular complexity index is 284. The Balaban J connectivity index is 0.000000146. The molecule has 0 saturated carbocycles. The van der Waals surface area contributed by atoms with Crippen LogP contribution in [0.25, 0.3) is 0 Å². The molecule has 14 heavy (non-hydrogen) atoms. The quantitative estimate of drug-likeness (QED) is 0.538. The highest BCUT2D eigenvalue weighted by Gasteiger charge is 2.06. The monoisotopic (exact) mass is 197 g/mol. The first-order chi connectivity index (χ1) is 6.70. The van der Waals surface area contributed by atoms with Gasteiger partial charge >= 0.3 is 6.09 Å². The Kier molecular flexibility index (Phi) is 3.60. The van der Waals surface area contributed by atoms with Crippen molar-refractivity contribution >= 4 is 6.09 Å². The van der Waals surface area contributed by atoms with Crippen molar-refractivity contribution in [3.8, 4) is 11.5 Å². The van der Waals surface area contributed by atoms with Gasteiger partial charge in [0.2, 0.25) is 0 Å². The Morgan fingerprint density at radius 2 is 1.79 bits per heavy atom. The summed E-state index contributed by atoms with van der Waals surface area (Å²) < 4.78 is 4.40. The smallest absolute Gasteiger partial charge is 0.407 e. The highest BCUT2D eigenvalue weighted by molar-refractivity contribution is 5.68. The second-order valence-electron chi connectivity index (χ2n) is 2.55. The van der Waals surface area contributed by atoms with Gasteiger partial charge in [-0.3, -0.25) is 0 Å². The number of hydrogen-bond acceptors (Lipinski definition) is 4. The molecular formula is C9H11NO4. The average Bonchev–Trinajstić information content (AvgIpc) is 2.63. The van der Waals surface area contributed by atoms with E-state index in [1.165, 1.54) is 12.1 Å². The Morgan fingerprint density at radius 3 is 2.00 bits per heavy atom. The Labute approximate surface area is 80.9 Å². The van der Waals surface area contributed by atoms with Gasteiger partial charge in [-0.15, -0.1) is 0 Å². The van der Waals surface area contributed by atoms with Gasteiger partial charge in [-0.05, 0) is 12.1 Å². The van der Waals surface area contributed by atoms with Crippen molar-refractivity contribution in [2.24, 2.45) is 0 Å². The molecule has 1 fully saturated rings. The van der Waals surface area contributed by atoms with Crippen LogP contribution < -0.4 is 5.32 Å². The predicted molar refractivity (Wildman–Crippen MR) is 49.1 cm³/mol. The fourth-order valence-corrected chi connectivity index (χ4v) is 0.812. The van der Waals surface area contributed by atoms with E-state index in [9.17, 15) is 4.79 Å². The molecule has 0 bridgehead atoms. The van der Waals surface area contributed by atoms with Crippen molar-refractivity contribution in [2.45, 2.75) is 0 Å². The zero-order valence-electron chi connectivity index (χ0n) is 7.43. The minimum atomic E-state index is -0.296. The lowest BCUT2D eigenvalue weighted by atomic mass is 10.3. The molecular weight excluding hydrogens is 186 g/mol. The van der Waals surface area contributed by atoms with Crippen LogP contribution in [0.15, 0.2) is 24.3 Å². The van der Waals surface area contributed by atoms with Crippen LogP contribution in [0.4, 0.5) is 4.79 Å². The van der Waals surface area contributed by atoms with E-state index in [-0.39, 0.29) is 17.6 Å². The standard InChI is InChI=1S/C6H6O2.C3H5NO2/c7-5-3-1-2-4-6(5)8;5-3-4-1-2-6-3/h1-4,7-8H;1-2H2,(H,4,5). The number of carbonyl (C=O) groups is 1. The molecule has 3 N–H and O–H groups in total. The molecule has 76 valence electrons. The first-order valence-electron chi connectivity index (χ1n) is 4.08. The number of nitrogens with one attached hydrogen (secondary N) is 1. The topological polar surface area (TPSA) is 78.8 Å². The van der Waals surface area contributed by atoms with Gasteiger partial charge in [-0.25, -0.2) is 4.79 Å². The molecule has 0 unspecified atom stereocenters. The number of amides is 1. The highest BCUT2D eigenvalue weighted by atomic mass is 16.6. The number of para-hydroxylation sites is 2. The third-order valence-electron chi connectivity index (χ3n) is 1.49. The fraction of sp³-hybridized carbons (Fsp3) is 0.222. The van der Waals surface area contributed by atoms with Crippen molar-refractivity contribution < 1.29 is 19.7 Å². The first-order valence-corrected chi connectivity index (χ1v) is 4.08. The van der Waals surface area contributed by atoms with Crippen molar-refractivity contribution in [1.29, 1.82) is 0 Å². The van der Waals surface area contributed by atoms with Crippen LogP contribution in [-0.4, -0.2) is 29.5 Å². The molecule has 0 radical (unpaired) electrons. The number of alkyl carbamates (subject to hydrolysis) is 1. The minimum Gasteiger partial charge on any atom is -0.504 e. The van der Waals surface area contributed by atoms with Gasteiger partial charge in [0.15, 0.2) is 11.5 Å². The lowest BCUT2D eigenvalue weighted by Gasteiger charge is -1.91. The van der Waals surface area contributed by atoms with Gasteiger partial charge in [-0.2, -0.15) is 0 Å². The number of benzene rings is 1. The zero-order valence-corrected chi connectivity index (χ0v) is 7.43. The van der Waals surface area contributed by atoms with Gasteiger partial charge in [0.05, 0.1) is 6.54 Å². The SMILES string of the molecule is O=C1NCCO1.Oc1ccccc1O. The van der Waals surface area contributed by atoms with E-state index < -0.39 is 0 Å². The summed E-state index contributed by atoms with van der Waals surface area (Å²) >= 11 is 0. The van der Waals surface area contributed by atoms with Gasteiger partial charge in [0.25, 0.3) is 0 Å². The molecule has 1 aliphatic heterocycles. The predicted octanol–water partition coefficient (Wildman–Crippen LogP) is 0.824. The molecule has 2 rings (SSSR count). The van der Waals surface area contributed by atoms with Gasteiger partial charge < -0.3 is 20.3 Å². The molecule has 1 amide bonds. The number of carbonyl (C=O) groups excluding carboxylic acids is 1. The van der Waals surface area contributed by atoms with E-state index in [2.05, 4.69) is 10.1 Å². The second kappa shape index (κ2) is 4.96. The second-order valence-corrected chi connectivity index (χ2v) is 2.55. The van der Waals surface area contributed by atoms with Crippen LogP contribution >= 0.6 is 0 Å². The lowest BCUT2D eigenvalue weighted by molar-refractivity contribution is 0.178. The largest absolute Gasteiger partial charge is 0.504 e. The first kappa shape index (κ1) is 10.2. The number of phenols is 2. The van der Waals surface area contributed by atoms with Crippen molar-refractivity contribution in [1.82, 2.24) is 5.32 Å². The van der Waals surface area contributed by atoms with Gasteiger partial charge in [-0.1, -0.05) is 12.1 Å². The van der Waals surface area contributed by atoms with Crippen LogP contribution in [0, 0.1) is 0 Å². The molecule has 1 aromatic carbocycles. The molecule has 5 heteroatoms. The molecule has 0 aromatic heterocycles. The average molecular weight is 197 g/mol. The number of cyclic esters (lactones) is 1. The van der Waals surface area contributed by atoms with E-state index in [1.54, 1.807) is 12.1 Å². The van der Waals surface area contributed by atoms with Crippen LogP contribution in [0.3, 0.4) is 0 Å². The molecule has 0 atom stereocenters. The van der Waals surface area contributed by atoms with E-state index >= 15 is 0 Å². The maximum absolute atomic E-state index is 9.91. The van der Waals surface area contributed by atoms with Gasteiger partial charge in [0.1, 0.15) is 6.61 Å². The number of rotatable bonds is 0. The summed E-state index contributed by atoms with van der Waals surface area (Å²) in [4.78, 5) is 9.91. The summed E-state index contributed by atoms with van der Waals surface area (Å²) in [6.07, 6.45) is -0.296. The van der Waals surface area contributed by atoms with E-state index in [0.29, 0.717) is 13.2 Å².